The van der Waals surface area contributed by atoms with Crippen LogP contribution in [0.1, 0.15) is 22.8 Å². The van der Waals surface area contributed by atoms with Gasteiger partial charge in [-0.3, -0.25) is 10.2 Å². The van der Waals surface area contributed by atoms with Crippen LogP contribution in [0.5, 0.6) is 0 Å². The van der Waals surface area contributed by atoms with E-state index in [9.17, 15) is 4.79 Å². The number of carbonyl (C=O) groups is 1. The molecule has 0 aliphatic heterocycles. The Morgan fingerprint density at radius 1 is 0.905 bits per heavy atom. The molecule has 2 rings (SSSR count). The van der Waals surface area contributed by atoms with Crippen molar-refractivity contribution in [2.45, 2.75) is 6.92 Å². The van der Waals surface area contributed by atoms with Gasteiger partial charge < -0.3 is 5.43 Å². The van der Waals surface area contributed by atoms with E-state index in [1.54, 1.807) is 19.1 Å². The zero-order valence-electron chi connectivity index (χ0n) is 11.7. The van der Waals surface area contributed by atoms with Gasteiger partial charge in [-0.05, 0) is 6.92 Å². The number of nitrogens with one attached hydrogen (secondary N) is 2. The number of hydrogen-bond acceptors (Lipinski definition) is 3. The summed E-state index contributed by atoms with van der Waals surface area (Å²) in [6, 6.07) is 18.8. The van der Waals surface area contributed by atoms with Crippen molar-refractivity contribution in [3.63, 3.8) is 0 Å². The summed E-state index contributed by atoms with van der Waals surface area (Å²) in [6.07, 6.45) is 1.54. The maximum atomic E-state index is 12.0. The Morgan fingerprint density at radius 2 is 1.43 bits per heavy atom. The highest BCUT2D eigenvalue weighted by molar-refractivity contribution is 7.80. The molecule has 2 aromatic carbocycles. The standard InChI is InChI=1S/C17H16N2OS/c1-13(12-16(20)14-8-4-2-5-9-14)18-19-17(21)15-10-6-3-7-11-15/h2-12,18H,1H3,(H,19,21)/b13-12-. The molecule has 0 atom stereocenters. The van der Waals surface area contributed by atoms with Gasteiger partial charge in [0.1, 0.15) is 4.99 Å². The lowest BCUT2D eigenvalue weighted by Crippen LogP contribution is -2.35. The molecule has 0 saturated carbocycles. The third-order valence-corrected chi connectivity index (χ3v) is 3.15. The molecule has 3 nitrogen and oxygen atoms in total. The number of allylic oxidation sites excluding steroid dienone is 2. The van der Waals surface area contributed by atoms with Crippen molar-refractivity contribution < 1.29 is 4.79 Å². The summed E-state index contributed by atoms with van der Waals surface area (Å²) >= 11 is 5.26. The van der Waals surface area contributed by atoms with Crippen LogP contribution in [-0.4, -0.2) is 10.8 Å². The Balaban J connectivity index is 1.93. The van der Waals surface area contributed by atoms with Crippen molar-refractivity contribution in [3.8, 4) is 0 Å². The van der Waals surface area contributed by atoms with Gasteiger partial charge in [-0.25, -0.2) is 0 Å². The van der Waals surface area contributed by atoms with E-state index in [1.807, 2.05) is 48.5 Å². The minimum atomic E-state index is -0.0481. The lowest BCUT2D eigenvalue weighted by Gasteiger charge is -2.11. The van der Waals surface area contributed by atoms with E-state index in [0.29, 0.717) is 16.2 Å². The van der Waals surface area contributed by atoms with Crippen molar-refractivity contribution >= 4 is 23.0 Å². The quantitative estimate of drug-likeness (QED) is 0.385. The van der Waals surface area contributed by atoms with E-state index in [-0.39, 0.29) is 5.78 Å². The summed E-state index contributed by atoms with van der Waals surface area (Å²) in [5.74, 6) is -0.0481. The molecule has 0 fully saturated rings. The van der Waals surface area contributed by atoms with Gasteiger partial charge in [0.15, 0.2) is 5.78 Å². The zero-order valence-corrected chi connectivity index (χ0v) is 12.5. The Morgan fingerprint density at radius 3 is 2.00 bits per heavy atom. The maximum absolute atomic E-state index is 12.0. The van der Waals surface area contributed by atoms with Gasteiger partial charge in [-0.15, -0.1) is 0 Å². The van der Waals surface area contributed by atoms with Crippen LogP contribution in [0.3, 0.4) is 0 Å². The molecule has 0 heterocycles. The third kappa shape index (κ3) is 4.54. The van der Waals surface area contributed by atoms with Crippen molar-refractivity contribution in [1.29, 1.82) is 0 Å². The maximum Gasteiger partial charge on any atom is 0.187 e. The molecule has 0 bridgehead atoms. The largest absolute Gasteiger partial charge is 0.304 e. The van der Waals surface area contributed by atoms with Gasteiger partial charge in [-0.2, -0.15) is 0 Å². The molecular formula is C17H16N2OS. The molecule has 0 radical (unpaired) electrons. The van der Waals surface area contributed by atoms with E-state index in [1.165, 1.54) is 6.08 Å². The second-order valence-corrected chi connectivity index (χ2v) is 4.91. The van der Waals surface area contributed by atoms with E-state index >= 15 is 0 Å². The predicted octanol–water partition coefficient (Wildman–Crippen LogP) is 3.24. The lowest BCUT2D eigenvalue weighted by atomic mass is 10.1. The average molecular weight is 296 g/mol. The summed E-state index contributed by atoms with van der Waals surface area (Å²) in [5.41, 5.74) is 8.12. The fourth-order valence-electron chi connectivity index (χ4n) is 1.74. The third-order valence-electron chi connectivity index (χ3n) is 2.82. The molecule has 106 valence electrons. The molecule has 0 aromatic heterocycles. The van der Waals surface area contributed by atoms with Gasteiger partial charge in [-0.1, -0.05) is 72.9 Å². The lowest BCUT2D eigenvalue weighted by molar-refractivity contribution is 0.104. The van der Waals surface area contributed by atoms with Crippen LogP contribution in [0.15, 0.2) is 72.4 Å². The zero-order chi connectivity index (χ0) is 15.1. The van der Waals surface area contributed by atoms with E-state index in [0.717, 1.165) is 5.56 Å². The normalized spacial score (nSPS) is 10.8. The molecule has 0 amide bonds. The second-order valence-electron chi connectivity index (χ2n) is 4.50. The highest BCUT2D eigenvalue weighted by atomic mass is 32.1. The molecule has 0 aliphatic rings. The molecule has 4 heteroatoms. The Bertz CT molecular complexity index is 651. The van der Waals surface area contributed by atoms with E-state index < -0.39 is 0 Å². The van der Waals surface area contributed by atoms with Crippen LogP contribution in [0.4, 0.5) is 0 Å². The molecule has 0 unspecified atom stereocenters. The van der Waals surface area contributed by atoms with Crippen LogP contribution in [0.25, 0.3) is 0 Å². The molecule has 0 spiro atoms. The van der Waals surface area contributed by atoms with Gasteiger partial charge in [0.2, 0.25) is 0 Å². The summed E-state index contributed by atoms with van der Waals surface area (Å²) < 4.78 is 0. The van der Waals surface area contributed by atoms with Crippen molar-refractivity contribution in [1.82, 2.24) is 10.9 Å². The highest BCUT2D eigenvalue weighted by Gasteiger charge is 2.03. The summed E-state index contributed by atoms with van der Waals surface area (Å²) in [6.45, 7) is 1.81. The monoisotopic (exact) mass is 296 g/mol. The summed E-state index contributed by atoms with van der Waals surface area (Å²) in [4.78, 5) is 12.6. The fourth-order valence-corrected chi connectivity index (χ4v) is 1.92. The van der Waals surface area contributed by atoms with Crippen molar-refractivity contribution in [2.75, 3.05) is 0 Å². The SMILES string of the molecule is C/C(=C/C(=O)c1ccccc1)NNC(=S)c1ccccc1. The van der Waals surface area contributed by atoms with Crippen LogP contribution in [0, 0.1) is 0 Å². The van der Waals surface area contributed by atoms with Crippen LogP contribution in [-0.2, 0) is 0 Å². The minimum Gasteiger partial charge on any atom is -0.304 e. The average Bonchev–Trinajstić information content (AvgIpc) is 2.54. The Kier molecular flexibility index (Phi) is 5.23. The molecular weight excluding hydrogens is 280 g/mol. The summed E-state index contributed by atoms with van der Waals surface area (Å²) in [5, 5.41) is 0. The summed E-state index contributed by atoms with van der Waals surface area (Å²) in [7, 11) is 0. The van der Waals surface area contributed by atoms with Gasteiger partial charge >= 0.3 is 0 Å². The van der Waals surface area contributed by atoms with Crippen molar-refractivity contribution in [2.24, 2.45) is 0 Å². The number of thiocarbonyl (C=S) groups is 1. The van der Waals surface area contributed by atoms with Crippen molar-refractivity contribution in [3.05, 3.63) is 83.6 Å². The minimum absolute atomic E-state index is 0.0481. The molecule has 2 aromatic rings. The highest BCUT2D eigenvalue weighted by Crippen LogP contribution is 2.02. The fraction of sp³-hybridized carbons (Fsp3) is 0.0588. The number of rotatable bonds is 5. The van der Waals surface area contributed by atoms with E-state index in [2.05, 4.69) is 10.9 Å². The van der Waals surface area contributed by atoms with Gasteiger partial charge in [0, 0.05) is 22.9 Å². The first kappa shape index (κ1) is 14.9. The molecule has 0 saturated heterocycles. The second kappa shape index (κ2) is 7.36. The number of hydrogen-bond donors (Lipinski definition) is 2. The van der Waals surface area contributed by atoms with Crippen LogP contribution in [0.2, 0.25) is 0 Å². The predicted molar refractivity (Wildman–Crippen MR) is 88.9 cm³/mol. The van der Waals surface area contributed by atoms with Crippen LogP contribution < -0.4 is 10.9 Å². The molecule has 2 N–H and O–H groups in total. The number of benzene rings is 2. The molecule has 21 heavy (non-hydrogen) atoms. The van der Waals surface area contributed by atoms with Gasteiger partial charge in [0.25, 0.3) is 0 Å². The number of carbonyl (C=O) groups excluding carboxylic acids is 1. The van der Waals surface area contributed by atoms with E-state index in [4.69, 9.17) is 12.2 Å². The van der Waals surface area contributed by atoms with Crippen LogP contribution >= 0.6 is 12.2 Å². The Labute approximate surface area is 129 Å². The first-order chi connectivity index (χ1) is 10.2. The number of ketones is 1. The topological polar surface area (TPSA) is 41.1 Å². The first-order valence-corrected chi connectivity index (χ1v) is 6.97. The smallest absolute Gasteiger partial charge is 0.187 e. The van der Waals surface area contributed by atoms with Gasteiger partial charge in [0.05, 0.1) is 0 Å². The molecule has 0 aliphatic carbocycles. The number of hydrazine groups is 1. The Hall–Kier alpha value is -2.46. The first-order valence-electron chi connectivity index (χ1n) is 6.56.